The highest BCUT2D eigenvalue weighted by atomic mass is 31.2. The van der Waals surface area contributed by atoms with Gasteiger partial charge in [0.15, 0.2) is 0 Å². The van der Waals surface area contributed by atoms with Crippen molar-refractivity contribution < 1.29 is 18.7 Å². The lowest BCUT2D eigenvalue weighted by molar-refractivity contribution is -0.206. The van der Waals surface area contributed by atoms with Crippen molar-refractivity contribution in [3.05, 3.63) is 0 Å². The van der Waals surface area contributed by atoms with Gasteiger partial charge in [0, 0.05) is 13.3 Å². The van der Waals surface area contributed by atoms with E-state index >= 15 is 0 Å². The zero-order valence-corrected chi connectivity index (χ0v) is 11.1. The van der Waals surface area contributed by atoms with Crippen molar-refractivity contribution in [1.29, 1.82) is 0 Å². The molecule has 1 aliphatic carbocycles. The molecule has 0 heterocycles. The predicted molar refractivity (Wildman–Crippen MR) is 61.5 cm³/mol. The third-order valence-electron chi connectivity index (χ3n) is 3.19. The molecule has 0 aromatic carbocycles. The van der Waals surface area contributed by atoms with Crippen LogP contribution < -0.4 is 4.89 Å². The number of rotatable bonds is 6. The molecule has 1 saturated carbocycles. The summed E-state index contributed by atoms with van der Waals surface area (Å²) in [5, 5.41) is 0. The molecule has 0 bridgehead atoms. The largest absolute Gasteiger partial charge is 0.778 e. The molecule has 16 heavy (non-hydrogen) atoms. The Morgan fingerprint density at radius 3 is 2.50 bits per heavy atom. The number of ether oxygens (including phenoxy) is 1. The molecule has 0 spiro atoms. The van der Waals surface area contributed by atoms with Crippen molar-refractivity contribution in [3.8, 4) is 0 Å². The Hall–Kier alpha value is 0.110. The summed E-state index contributed by atoms with van der Waals surface area (Å²) < 4.78 is 21.8. The average molecular weight is 249 g/mol. The maximum atomic E-state index is 11.5. The Kier molecular flexibility index (Phi) is 5.98. The minimum Gasteiger partial charge on any atom is -0.778 e. The van der Waals surface area contributed by atoms with Gasteiger partial charge in [-0.05, 0) is 18.8 Å². The van der Waals surface area contributed by atoms with Crippen LogP contribution in [-0.4, -0.2) is 26.0 Å². The van der Waals surface area contributed by atoms with Crippen LogP contribution in [0.1, 0.15) is 39.0 Å². The van der Waals surface area contributed by atoms with Gasteiger partial charge in [0.05, 0.1) is 12.7 Å². The van der Waals surface area contributed by atoms with Gasteiger partial charge in [-0.25, -0.2) is 0 Å². The van der Waals surface area contributed by atoms with E-state index in [0.717, 1.165) is 12.8 Å². The fourth-order valence-corrected chi connectivity index (χ4v) is 3.00. The van der Waals surface area contributed by atoms with Gasteiger partial charge in [-0.2, -0.15) is 0 Å². The molecule has 0 amide bonds. The standard InChI is InChI=1S/C11H23O4P/c1-3-16(12,13)15-11(9-14-2)10-7-5-4-6-8-10/h10-11H,3-9H2,1-2H3,(H,12,13)/p-1. The predicted octanol–water partition coefficient (Wildman–Crippen LogP) is 2.17. The van der Waals surface area contributed by atoms with E-state index in [2.05, 4.69) is 0 Å². The van der Waals surface area contributed by atoms with Crippen LogP contribution in [0.5, 0.6) is 0 Å². The molecule has 0 radical (unpaired) electrons. The Morgan fingerprint density at radius 1 is 1.38 bits per heavy atom. The number of hydrogen-bond acceptors (Lipinski definition) is 4. The van der Waals surface area contributed by atoms with Gasteiger partial charge in [-0.3, -0.25) is 0 Å². The Bertz CT molecular complexity index is 238. The molecule has 0 aromatic rings. The van der Waals surface area contributed by atoms with Gasteiger partial charge in [-0.1, -0.05) is 26.2 Å². The molecule has 2 unspecified atom stereocenters. The highest BCUT2D eigenvalue weighted by molar-refractivity contribution is 7.51. The SMILES string of the molecule is CCP(=O)([O-])OC(COC)C1CCCCC1. The third-order valence-corrected chi connectivity index (χ3v) is 4.56. The normalized spacial score (nSPS) is 23.9. The fourth-order valence-electron chi connectivity index (χ4n) is 2.20. The Balaban J connectivity index is 2.55. The zero-order valence-electron chi connectivity index (χ0n) is 10.2. The molecule has 96 valence electrons. The third kappa shape index (κ3) is 4.54. The number of methoxy groups -OCH3 is 1. The number of hydrogen-bond donors (Lipinski definition) is 0. The van der Waals surface area contributed by atoms with Crippen LogP contribution in [0, 0.1) is 5.92 Å². The van der Waals surface area contributed by atoms with Crippen molar-refractivity contribution in [3.63, 3.8) is 0 Å². The van der Waals surface area contributed by atoms with Gasteiger partial charge >= 0.3 is 0 Å². The molecule has 0 saturated heterocycles. The lowest BCUT2D eigenvalue weighted by Crippen LogP contribution is -2.31. The monoisotopic (exact) mass is 249 g/mol. The highest BCUT2D eigenvalue weighted by Gasteiger charge is 2.26. The van der Waals surface area contributed by atoms with E-state index in [4.69, 9.17) is 9.26 Å². The molecule has 1 aliphatic rings. The smallest absolute Gasteiger partial charge is 0.135 e. The Labute approximate surface area is 97.9 Å². The van der Waals surface area contributed by atoms with E-state index in [-0.39, 0.29) is 12.3 Å². The van der Waals surface area contributed by atoms with E-state index in [1.807, 2.05) is 0 Å². The molecule has 4 nitrogen and oxygen atoms in total. The van der Waals surface area contributed by atoms with Crippen LogP contribution in [0.3, 0.4) is 0 Å². The fraction of sp³-hybridized carbons (Fsp3) is 1.00. The van der Waals surface area contributed by atoms with Crippen LogP contribution in [0.4, 0.5) is 0 Å². The summed E-state index contributed by atoms with van der Waals surface area (Å²) in [6.07, 6.45) is 5.47. The van der Waals surface area contributed by atoms with E-state index in [0.29, 0.717) is 12.5 Å². The van der Waals surface area contributed by atoms with Crippen LogP contribution in [-0.2, 0) is 13.8 Å². The first-order chi connectivity index (χ1) is 7.59. The molecule has 5 heteroatoms. The summed E-state index contributed by atoms with van der Waals surface area (Å²) >= 11 is 0. The van der Waals surface area contributed by atoms with Gasteiger partial charge in [-0.15, -0.1) is 0 Å². The maximum Gasteiger partial charge on any atom is 0.135 e. The molecule has 0 aliphatic heterocycles. The van der Waals surface area contributed by atoms with Crippen LogP contribution in [0.25, 0.3) is 0 Å². The molecular weight excluding hydrogens is 227 g/mol. The lowest BCUT2D eigenvalue weighted by atomic mass is 9.85. The van der Waals surface area contributed by atoms with Crippen LogP contribution >= 0.6 is 7.60 Å². The molecule has 0 aromatic heterocycles. The second-order valence-corrected chi connectivity index (χ2v) is 6.49. The molecule has 2 atom stereocenters. The summed E-state index contributed by atoms with van der Waals surface area (Å²) in [6.45, 7) is 1.98. The quantitative estimate of drug-likeness (QED) is 0.677. The molecule has 1 rings (SSSR count). The van der Waals surface area contributed by atoms with Crippen molar-refractivity contribution >= 4 is 7.60 Å². The lowest BCUT2D eigenvalue weighted by Gasteiger charge is -2.34. The van der Waals surface area contributed by atoms with E-state index in [9.17, 15) is 9.46 Å². The van der Waals surface area contributed by atoms with Crippen LogP contribution in [0.15, 0.2) is 0 Å². The first-order valence-electron chi connectivity index (χ1n) is 6.06. The van der Waals surface area contributed by atoms with Gasteiger partial charge < -0.3 is 18.7 Å². The van der Waals surface area contributed by atoms with Gasteiger partial charge in [0.2, 0.25) is 0 Å². The summed E-state index contributed by atoms with van der Waals surface area (Å²) in [4.78, 5) is 11.5. The summed E-state index contributed by atoms with van der Waals surface area (Å²) in [5.74, 6) is 0.336. The van der Waals surface area contributed by atoms with Crippen molar-refractivity contribution in [1.82, 2.24) is 0 Å². The van der Waals surface area contributed by atoms with Crippen molar-refractivity contribution in [2.75, 3.05) is 19.9 Å². The summed E-state index contributed by atoms with van der Waals surface area (Å²) in [6, 6.07) is 0. The average Bonchev–Trinajstić information content (AvgIpc) is 2.29. The molecular formula is C11H22O4P-. The second-order valence-electron chi connectivity index (χ2n) is 4.42. The van der Waals surface area contributed by atoms with E-state index < -0.39 is 7.60 Å². The Morgan fingerprint density at radius 2 is 2.00 bits per heavy atom. The van der Waals surface area contributed by atoms with Crippen LogP contribution in [0.2, 0.25) is 0 Å². The minimum absolute atomic E-state index is 0.0555. The van der Waals surface area contributed by atoms with E-state index in [1.165, 1.54) is 19.3 Å². The summed E-state index contributed by atoms with van der Waals surface area (Å²) in [7, 11) is -2.07. The van der Waals surface area contributed by atoms with E-state index in [1.54, 1.807) is 14.0 Å². The van der Waals surface area contributed by atoms with Crippen molar-refractivity contribution in [2.45, 2.75) is 45.1 Å². The van der Waals surface area contributed by atoms with Crippen molar-refractivity contribution in [2.24, 2.45) is 5.92 Å². The second kappa shape index (κ2) is 6.75. The molecule has 0 N–H and O–H groups in total. The molecule has 1 fully saturated rings. The topological polar surface area (TPSA) is 58.6 Å². The first-order valence-corrected chi connectivity index (χ1v) is 7.79. The summed E-state index contributed by atoms with van der Waals surface area (Å²) in [5.41, 5.74) is 0. The minimum atomic E-state index is -3.66. The maximum absolute atomic E-state index is 11.5. The first kappa shape index (κ1) is 14.2. The zero-order chi connectivity index (χ0) is 12.0. The highest BCUT2D eigenvalue weighted by Crippen LogP contribution is 2.41. The van der Waals surface area contributed by atoms with Gasteiger partial charge in [0.25, 0.3) is 0 Å². The van der Waals surface area contributed by atoms with Gasteiger partial charge in [0.1, 0.15) is 7.60 Å².